The number of benzene rings is 1. The van der Waals surface area contributed by atoms with E-state index in [-0.39, 0.29) is 5.91 Å². The maximum atomic E-state index is 11.9. The summed E-state index contributed by atoms with van der Waals surface area (Å²) in [4.78, 5) is 11.9. The van der Waals surface area contributed by atoms with Crippen LogP contribution >= 0.6 is 11.6 Å². The van der Waals surface area contributed by atoms with E-state index in [0.29, 0.717) is 23.9 Å². The van der Waals surface area contributed by atoms with Gasteiger partial charge in [0.1, 0.15) is 5.75 Å². The van der Waals surface area contributed by atoms with E-state index in [2.05, 4.69) is 19.2 Å². The lowest BCUT2D eigenvalue weighted by molar-refractivity contribution is -0.127. The molecule has 1 amide bonds. The first-order valence-electron chi connectivity index (χ1n) is 6.29. The second-order valence-electron chi connectivity index (χ2n) is 5.04. The Hall–Kier alpha value is -1.22. The second-order valence-corrected chi connectivity index (χ2v) is 5.47. The molecule has 98 valence electrons. The molecular formula is C14H18ClNO2. The molecule has 0 bridgehead atoms. The maximum Gasteiger partial charge on any atom is 0.261 e. The number of rotatable bonds is 4. The van der Waals surface area contributed by atoms with Crippen LogP contribution in [0.5, 0.6) is 5.75 Å². The molecule has 1 aliphatic heterocycles. The summed E-state index contributed by atoms with van der Waals surface area (Å²) in [5.41, 5.74) is 1.01. The van der Waals surface area contributed by atoms with Crippen LogP contribution in [0.3, 0.4) is 0 Å². The highest BCUT2D eigenvalue weighted by molar-refractivity contribution is 6.30. The Balaban J connectivity index is 1.88. The minimum atomic E-state index is -0.411. The van der Waals surface area contributed by atoms with Crippen molar-refractivity contribution in [2.75, 3.05) is 6.54 Å². The van der Waals surface area contributed by atoms with Gasteiger partial charge in [-0.2, -0.15) is 0 Å². The number of amides is 1. The summed E-state index contributed by atoms with van der Waals surface area (Å²) in [7, 11) is 0. The summed E-state index contributed by atoms with van der Waals surface area (Å²) >= 11 is 5.91. The molecule has 4 heteroatoms. The lowest BCUT2D eigenvalue weighted by atomic mass is 10.1. The molecule has 1 heterocycles. The van der Waals surface area contributed by atoms with Gasteiger partial charge in [0.15, 0.2) is 6.10 Å². The quantitative estimate of drug-likeness (QED) is 0.911. The molecule has 0 saturated carbocycles. The monoisotopic (exact) mass is 267 g/mol. The Morgan fingerprint density at radius 2 is 2.33 bits per heavy atom. The third-order valence-corrected chi connectivity index (χ3v) is 3.25. The molecule has 1 aliphatic rings. The van der Waals surface area contributed by atoms with Crippen molar-refractivity contribution in [2.45, 2.75) is 32.8 Å². The third kappa shape index (κ3) is 3.16. The van der Waals surface area contributed by atoms with E-state index >= 15 is 0 Å². The summed E-state index contributed by atoms with van der Waals surface area (Å²) in [6.07, 6.45) is 1.17. The van der Waals surface area contributed by atoms with Crippen molar-refractivity contribution >= 4 is 17.5 Å². The molecular weight excluding hydrogens is 250 g/mol. The zero-order valence-corrected chi connectivity index (χ0v) is 11.5. The summed E-state index contributed by atoms with van der Waals surface area (Å²) in [5.74, 6) is 1.32. The Morgan fingerprint density at radius 1 is 1.56 bits per heavy atom. The summed E-state index contributed by atoms with van der Waals surface area (Å²) in [5, 5.41) is 3.59. The number of nitrogens with one attached hydrogen (secondary N) is 1. The number of fused-ring (bicyclic) bond motifs is 1. The summed E-state index contributed by atoms with van der Waals surface area (Å²) < 4.78 is 5.61. The molecule has 1 unspecified atom stereocenters. The normalized spacial score (nSPS) is 17.4. The number of halogens is 1. The van der Waals surface area contributed by atoms with Crippen LogP contribution in [-0.4, -0.2) is 18.6 Å². The van der Waals surface area contributed by atoms with Gasteiger partial charge in [-0.15, -0.1) is 0 Å². The lowest BCUT2D eigenvalue weighted by Crippen LogP contribution is -2.38. The second kappa shape index (κ2) is 5.61. The number of hydrogen-bond donors (Lipinski definition) is 1. The van der Waals surface area contributed by atoms with Gasteiger partial charge in [0.25, 0.3) is 5.91 Å². The zero-order valence-electron chi connectivity index (χ0n) is 10.7. The molecule has 0 saturated heterocycles. The molecule has 1 N–H and O–H groups in total. The van der Waals surface area contributed by atoms with E-state index < -0.39 is 6.10 Å². The molecule has 1 atom stereocenters. The molecule has 1 aromatic rings. The van der Waals surface area contributed by atoms with Gasteiger partial charge in [-0.3, -0.25) is 4.79 Å². The van der Waals surface area contributed by atoms with Gasteiger partial charge < -0.3 is 10.1 Å². The van der Waals surface area contributed by atoms with Gasteiger partial charge in [-0.05, 0) is 36.1 Å². The average molecular weight is 268 g/mol. The Morgan fingerprint density at radius 3 is 3.06 bits per heavy atom. The molecule has 0 fully saturated rings. The van der Waals surface area contributed by atoms with E-state index in [1.165, 1.54) is 0 Å². The summed E-state index contributed by atoms with van der Waals surface area (Å²) in [6.45, 7) is 4.97. The molecule has 3 nitrogen and oxygen atoms in total. The van der Waals surface area contributed by atoms with Crippen molar-refractivity contribution in [3.8, 4) is 5.75 Å². The van der Waals surface area contributed by atoms with Crippen LogP contribution < -0.4 is 10.1 Å². The van der Waals surface area contributed by atoms with E-state index in [0.717, 1.165) is 17.7 Å². The van der Waals surface area contributed by atoms with Gasteiger partial charge in [0.05, 0.1) is 0 Å². The van der Waals surface area contributed by atoms with Gasteiger partial charge in [0.2, 0.25) is 0 Å². The smallest absolute Gasteiger partial charge is 0.261 e. The fourth-order valence-corrected chi connectivity index (χ4v) is 2.16. The van der Waals surface area contributed by atoms with Gasteiger partial charge >= 0.3 is 0 Å². The van der Waals surface area contributed by atoms with Crippen LogP contribution in [0.4, 0.5) is 0 Å². The van der Waals surface area contributed by atoms with Crippen molar-refractivity contribution in [1.29, 1.82) is 0 Å². The number of hydrogen-bond acceptors (Lipinski definition) is 2. The number of ether oxygens (including phenoxy) is 1. The largest absolute Gasteiger partial charge is 0.480 e. The maximum absolute atomic E-state index is 11.9. The van der Waals surface area contributed by atoms with Crippen molar-refractivity contribution in [1.82, 2.24) is 5.32 Å². The average Bonchev–Trinajstić information content (AvgIpc) is 2.71. The first-order chi connectivity index (χ1) is 8.56. The molecule has 2 rings (SSSR count). The molecule has 0 aliphatic carbocycles. The Labute approximate surface area is 112 Å². The van der Waals surface area contributed by atoms with Crippen LogP contribution in [0.15, 0.2) is 18.2 Å². The fourth-order valence-electron chi connectivity index (χ4n) is 1.96. The van der Waals surface area contributed by atoms with Crippen LogP contribution in [-0.2, 0) is 11.2 Å². The Kier molecular flexibility index (Phi) is 4.12. The topological polar surface area (TPSA) is 38.3 Å². The fraction of sp³-hybridized carbons (Fsp3) is 0.500. The van der Waals surface area contributed by atoms with Crippen molar-refractivity contribution in [3.05, 3.63) is 28.8 Å². The predicted molar refractivity (Wildman–Crippen MR) is 72.0 cm³/mol. The van der Waals surface area contributed by atoms with Gasteiger partial charge in [0, 0.05) is 18.0 Å². The minimum absolute atomic E-state index is 0.0389. The van der Waals surface area contributed by atoms with E-state index in [9.17, 15) is 4.79 Å². The van der Waals surface area contributed by atoms with E-state index in [1.54, 1.807) is 6.07 Å². The highest BCUT2D eigenvalue weighted by Gasteiger charge is 2.28. The highest BCUT2D eigenvalue weighted by Crippen LogP contribution is 2.31. The van der Waals surface area contributed by atoms with Gasteiger partial charge in [-0.25, -0.2) is 0 Å². The molecule has 0 aromatic heterocycles. The number of carbonyl (C=O) groups is 1. The Bertz CT molecular complexity index is 445. The lowest BCUT2D eigenvalue weighted by Gasteiger charge is -2.12. The minimum Gasteiger partial charge on any atom is -0.480 e. The van der Waals surface area contributed by atoms with E-state index in [4.69, 9.17) is 16.3 Å². The third-order valence-electron chi connectivity index (χ3n) is 3.01. The molecule has 18 heavy (non-hydrogen) atoms. The molecule has 0 radical (unpaired) electrons. The van der Waals surface area contributed by atoms with Crippen molar-refractivity contribution < 1.29 is 9.53 Å². The number of carbonyl (C=O) groups excluding carboxylic acids is 1. The predicted octanol–water partition coefficient (Wildman–Crippen LogP) is 2.81. The molecule has 0 spiro atoms. The molecule has 1 aromatic carbocycles. The van der Waals surface area contributed by atoms with Crippen molar-refractivity contribution in [3.63, 3.8) is 0 Å². The van der Waals surface area contributed by atoms with Crippen LogP contribution in [0.2, 0.25) is 5.02 Å². The zero-order chi connectivity index (χ0) is 13.1. The first-order valence-corrected chi connectivity index (χ1v) is 6.67. The van der Waals surface area contributed by atoms with Gasteiger partial charge in [-0.1, -0.05) is 25.4 Å². The van der Waals surface area contributed by atoms with Crippen LogP contribution in [0.25, 0.3) is 0 Å². The highest BCUT2D eigenvalue weighted by atomic mass is 35.5. The van der Waals surface area contributed by atoms with Crippen LogP contribution in [0, 0.1) is 5.92 Å². The SMILES string of the molecule is CC(C)CCNC(=O)C1Cc2cc(Cl)ccc2O1. The van der Waals surface area contributed by atoms with Crippen LogP contribution in [0.1, 0.15) is 25.8 Å². The summed E-state index contributed by atoms with van der Waals surface area (Å²) in [6, 6.07) is 5.46. The standard InChI is InChI=1S/C14H18ClNO2/c1-9(2)5-6-16-14(17)13-8-10-7-11(15)3-4-12(10)18-13/h3-4,7,9,13H,5-6,8H2,1-2H3,(H,16,17). The van der Waals surface area contributed by atoms with Crippen molar-refractivity contribution in [2.24, 2.45) is 5.92 Å². The van der Waals surface area contributed by atoms with E-state index in [1.807, 2.05) is 12.1 Å². The first kappa shape index (κ1) is 13.2.